The lowest BCUT2D eigenvalue weighted by Crippen LogP contribution is -2.43. The molecule has 0 aliphatic carbocycles. The molecule has 0 aromatic heterocycles. The van der Waals surface area contributed by atoms with Crippen LogP contribution in [0.15, 0.2) is 0 Å². The Morgan fingerprint density at radius 2 is 2.23 bits per heavy atom. The molecule has 0 aromatic carbocycles. The summed E-state index contributed by atoms with van der Waals surface area (Å²) in [5, 5.41) is 9.01. The number of piperidine rings is 1. The fraction of sp³-hybridized carbons (Fsp3) is 1.00. The zero-order valence-corrected chi connectivity index (χ0v) is 9.01. The van der Waals surface area contributed by atoms with Crippen LogP contribution in [0.1, 0.15) is 13.3 Å². The monoisotopic (exact) mass is 206 g/mol. The number of nitrogens with zero attached hydrogens (tertiary/aromatic N) is 1. The van der Waals surface area contributed by atoms with Crippen molar-refractivity contribution in [1.82, 2.24) is 4.31 Å². The number of aliphatic hydroxyl groups is 1. The van der Waals surface area contributed by atoms with Gasteiger partial charge in [0.1, 0.15) is 9.92 Å². The molecule has 0 bridgehead atoms. The van der Waals surface area contributed by atoms with E-state index >= 15 is 0 Å². The normalized spacial score (nSPS) is 35.6. The molecular formula is C8H18N2O2S. The Kier molecular flexibility index (Phi) is 3.32. The maximum Gasteiger partial charge on any atom is 0.104 e. The van der Waals surface area contributed by atoms with E-state index in [-0.39, 0.29) is 12.5 Å². The van der Waals surface area contributed by atoms with Crippen molar-refractivity contribution in [3.8, 4) is 0 Å². The largest absolute Gasteiger partial charge is 0.396 e. The third-order valence-corrected chi connectivity index (χ3v) is 3.75. The van der Waals surface area contributed by atoms with Gasteiger partial charge in [-0.15, -0.1) is 0 Å². The second-order valence-electron chi connectivity index (χ2n) is 4.04. The van der Waals surface area contributed by atoms with Crippen LogP contribution < -0.4 is 0 Å². The van der Waals surface area contributed by atoms with E-state index in [0.717, 1.165) is 13.0 Å². The molecule has 4 nitrogen and oxygen atoms in total. The lowest BCUT2D eigenvalue weighted by Gasteiger charge is -2.35. The average molecular weight is 206 g/mol. The molecule has 1 heterocycles. The van der Waals surface area contributed by atoms with Crippen LogP contribution in [0, 0.1) is 16.6 Å². The van der Waals surface area contributed by atoms with E-state index < -0.39 is 9.92 Å². The highest BCUT2D eigenvalue weighted by atomic mass is 32.2. The van der Waals surface area contributed by atoms with Crippen molar-refractivity contribution < 1.29 is 9.32 Å². The van der Waals surface area contributed by atoms with Crippen molar-refractivity contribution in [1.29, 1.82) is 4.78 Å². The summed E-state index contributed by atoms with van der Waals surface area (Å²) in [5.41, 5.74) is 0. The van der Waals surface area contributed by atoms with E-state index in [1.807, 2.05) is 0 Å². The minimum Gasteiger partial charge on any atom is -0.396 e. The standard InChI is InChI=1S/C8H18N2O2S/c1-7-3-8(6-11)5-10(4-7)13(2,9)12/h7-9,11H,3-6H2,1-2H3. The van der Waals surface area contributed by atoms with Gasteiger partial charge < -0.3 is 5.11 Å². The van der Waals surface area contributed by atoms with Gasteiger partial charge in [0.25, 0.3) is 0 Å². The smallest absolute Gasteiger partial charge is 0.104 e. The van der Waals surface area contributed by atoms with Crippen LogP contribution in [0.5, 0.6) is 0 Å². The maximum absolute atomic E-state index is 11.5. The minimum absolute atomic E-state index is 0.135. The second-order valence-corrected chi connectivity index (χ2v) is 6.16. The van der Waals surface area contributed by atoms with Crippen molar-refractivity contribution in [2.75, 3.05) is 26.0 Å². The highest BCUT2D eigenvalue weighted by Gasteiger charge is 2.27. The van der Waals surface area contributed by atoms with Gasteiger partial charge in [0.2, 0.25) is 0 Å². The van der Waals surface area contributed by atoms with Crippen LogP contribution in [0.4, 0.5) is 0 Å². The molecule has 2 N–H and O–H groups in total. The molecule has 0 radical (unpaired) electrons. The molecule has 1 fully saturated rings. The molecule has 1 saturated heterocycles. The van der Waals surface area contributed by atoms with Crippen molar-refractivity contribution in [2.24, 2.45) is 11.8 Å². The molecule has 3 atom stereocenters. The first-order valence-electron chi connectivity index (χ1n) is 4.53. The Morgan fingerprint density at radius 3 is 2.69 bits per heavy atom. The molecule has 78 valence electrons. The van der Waals surface area contributed by atoms with Crippen LogP contribution >= 0.6 is 0 Å². The van der Waals surface area contributed by atoms with Gasteiger partial charge in [0.15, 0.2) is 0 Å². The summed E-state index contributed by atoms with van der Waals surface area (Å²) in [7, 11) is -2.58. The molecular weight excluding hydrogens is 188 g/mol. The van der Waals surface area contributed by atoms with Crippen molar-refractivity contribution in [2.45, 2.75) is 13.3 Å². The minimum atomic E-state index is -2.58. The lowest BCUT2D eigenvalue weighted by molar-refractivity contribution is 0.139. The van der Waals surface area contributed by atoms with E-state index in [1.165, 1.54) is 6.26 Å². The van der Waals surface area contributed by atoms with Crippen LogP contribution in [0.25, 0.3) is 0 Å². The van der Waals surface area contributed by atoms with Crippen LogP contribution in [0.3, 0.4) is 0 Å². The number of nitrogens with one attached hydrogen (secondary N) is 1. The fourth-order valence-corrected chi connectivity index (χ4v) is 2.88. The molecule has 0 aromatic rings. The first kappa shape index (κ1) is 10.9. The topological polar surface area (TPSA) is 64.4 Å². The van der Waals surface area contributed by atoms with Gasteiger partial charge in [-0.05, 0) is 18.3 Å². The third-order valence-electron chi connectivity index (χ3n) is 2.46. The van der Waals surface area contributed by atoms with E-state index in [9.17, 15) is 4.21 Å². The Hall–Kier alpha value is -0.130. The van der Waals surface area contributed by atoms with Crippen molar-refractivity contribution in [3.05, 3.63) is 0 Å². The fourth-order valence-electron chi connectivity index (χ4n) is 1.84. The molecule has 0 spiro atoms. The van der Waals surface area contributed by atoms with E-state index in [2.05, 4.69) is 6.92 Å². The Labute approximate surface area is 80.0 Å². The van der Waals surface area contributed by atoms with Crippen molar-refractivity contribution in [3.63, 3.8) is 0 Å². The SMILES string of the molecule is CC1CC(CO)CN(S(C)(=N)=O)C1. The number of hydrogen-bond donors (Lipinski definition) is 2. The summed E-state index contributed by atoms with van der Waals surface area (Å²) < 4.78 is 20.6. The highest BCUT2D eigenvalue weighted by Crippen LogP contribution is 2.22. The van der Waals surface area contributed by atoms with Crippen LogP contribution in [-0.2, 0) is 9.92 Å². The third kappa shape index (κ3) is 2.93. The van der Waals surface area contributed by atoms with E-state index in [4.69, 9.17) is 9.89 Å². The zero-order chi connectivity index (χ0) is 10.1. The summed E-state index contributed by atoms with van der Waals surface area (Å²) in [6.07, 6.45) is 2.42. The van der Waals surface area contributed by atoms with Gasteiger partial charge in [-0.25, -0.2) is 13.3 Å². The summed E-state index contributed by atoms with van der Waals surface area (Å²) in [6.45, 7) is 3.52. The number of hydrogen-bond acceptors (Lipinski definition) is 3. The van der Waals surface area contributed by atoms with Crippen molar-refractivity contribution >= 4 is 9.92 Å². The van der Waals surface area contributed by atoms with Gasteiger partial charge >= 0.3 is 0 Å². The van der Waals surface area contributed by atoms with Gasteiger partial charge in [-0.3, -0.25) is 0 Å². The van der Waals surface area contributed by atoms with E-state index in [1.54, 1.807) is 4.31 Å². The average Bonchev–Trinajstić information content (AvgIpc) is 2.01. The molecule has 0 saturated carbocycles. The molecule has 1 aliphatic heterocycles. The van der Waals surface area contributed by atoms with Crippen LogP contribution in [-0.4, -0.2) is 39.6 Å². The first-order valence-corrected chi connectivity index (χ1v) is 6.45. The predicted molar refractivity (Wildman–Crippen MR) is 52.7 cm³/mol. The van der Waals surface area contributed by atoms with Gasteiger partial charge in [0, 0.05) is 26.0 Å². The maximum atomic E-state index is 11.5. The molecule has 3 unspecified atom stereocenters. The number of aliphatic hydroxyl groups excluding tert-OH is 1. The van der Waals surface area contributed by atoms with Gasteiger partial charge in [-0.2, -0.15) is 0 Å². The summed E-state index contributed by atoms with van der Waals surface area (Å²) in [4.78, 5) is 0. The summed E-state index contributed by atoms with van der Waals surface area (Å²) in [5.74, 6) is 0.617. The molecule has 1 rings (SSSR count). The quantitative estimate of drug-likeness (QED) is 0.692. The van der Waals surface area contributed by atoms with E-state index in [0.29, 0.717) is 12.5 Å². The van der Waals surface area contributed by atoms with Gasteiger partial charge in [-0.1, -0.05) is 6.92 Å². The number of rotatable bonds is 2. The molecule has 5 heteroatoms. The Bertz CT molecular complexity index is 263. The molecule has 1 aliphatic rings. The Balaban J connectivity index is 2.68. The zero-order valence-electron chi connectivity index (χ0n) is 8.19. The predicted octanol–water partition coefficient (Wildman–Crippen LogP) is 0.528. The second kappa shape index (κ2) is 3.94. The lowest BCUT2D eigenvalue weighted by atomic mass is 9.93. The highest BCUT2D eigenvalue weighted by molar-refractivity contribution is 7.89. The van der Waals surface area contributed by atoms with Crippen LogP contribution in [0.2, 0.25) is 0 Å². The molecule has 13 heavy (non-hydrogen) atoms. The van der Waals surface area contributed by atoms with Gasteiger partial charge in [0.05, 0.1) is 0 Å². The first-order chi connectivity index (χ1) is 5.93. The summed E-state index contributed by atoms with van der Waals surface area (Å²) in [6, 6.07) is 0. The Morgan fingerprint density at radius 1 is 1.62 bits per heavy atom. The summed E-state index contributed by atoms with van der Waals surface area (Å²) >= 11 is 0. The molecule has 0 amide bonds.